The van der Waals surface area contributed by atoms with Crippen LogP contribution in [0.4, 0.5) is 0 Å². The van der Waals surface area contributed by atoms with Crippen molar-refractivity contribution in [1.82, 2.24) is 15.1 Å². The normalized spacial score (nSPS) is 21.2. The van der Waals surface area contributed by atoms with E-state index in [-0.39, 0.29) is 49.2 Å². The lowest BCUT2D eigenvalue weighted by atomic mass is 9.72. The van der Waals surface area contributed by atoms with E-state index >= 15 is 0 Å². The van der Waals surface area contributed by atoms with Crippen LogP contribution in [-0.4, -0.2) is 90.6 Å². The summed E-state index contributed by atoms with van der Waals surface area (Å²) in [6, 6.07) is 8.65. The molecular formula is C25H29B4N3O6. The lowest BCUT2D eigenvalue weighted by molar-refractivity contribution is -0.143. The Bertz CT molecular complexity index is 1340. The number of ether oxygens (including phenoxy) is 2. The number of morpholine rings is 1. The first-order valence-electron chi connectivity index (χ1n) is 13.1. The lowest BCUT2D eigenvalue weighted by Crippen LogP contribution is -2.52. The maximum absolute atomic E-state index is 13.2. The number of piperidine rings is 1. The average Bonchev–Trinajstić information content (AvgIpc) is 3.22. The van der Waals surface area contributed by atoms with Gasteiger partial charge in [0.2, 0.25) is 17.7 Å². The Hall–Kier alpha value is -3.46. The molecule has 3 unspecified atom stereocenters. The number of nitrogens with one attached hydrogen (secondary N) is 1. The highest BCUT2D eigenvalue weighted by Crippen LogP contribution is 2.35. The Morgan fingerprint density at radius 1 is 1.05 bits per heavy atom. The average molecular weight is 511 g/mol. The van der Waals surface area contributed by atoms with Crippen molar-refractivity contribution in [2.75, 3.05) is 19.8 Å². The van der Waals surface area contributed by atoms with Gasteiger partial charge in [0.15, 0.2) is 7.85 Å². The molecule has 0 aromatic heterocycles. The SMILES string of the molecule is Bc1cc(C(B)N2CCOCC2=O)c(B)cc1C(B)Oc1cccc2c1CN(C1CCC(=O)NC1=O)C2=O. The van der Waals surface area contributed by atoms with Gasteiger partial charge in [-0.3, -0.25) is 24.5 Å². The number of amides is 4. The molecule has 0 spiro atoms. The van der Waals surface area contributed by atoms with E-state index in [9.17, 15) is 19.2 Å². The smallest absolute Gasteiger partial charge is 0.255 e. The largest absolute Gasteiger partial charge is 0.495 e. The number of carbonyl (C=O) groups excluding carboxylic acids is 4. The van der Waals surface area contributed by atoms with Crippen molar-refractivity contribution >= 4 is 65.9 Å². The molecule has 13 heteroatoms. The van der Waals surface area contributed by atoms with E-state index in [0.29, 0.717) is 30.9 Å². The molecule has 3 atom stereocenters. The molecule has 5 rings (SSSR count). The molecule has 38 heavy (non-hydrogen) atoms. The second kappa shape index (κ2) is 10.4. The molecule has 0 bridgehead atoms. The fourth-order valence-electron chi connectivity index (χ4n) is 5.78. The highest BCUT2D eigenvalue weighted by molar-refractivity contribution is 6.38. The van der Waals surface area contributed by atoms with Gasteiger partial charge in [-0.15, -0.1) is 0 Å². The Morgan fingerprint density at radius 2 is 1.79 bits per heavy atom. The molecular weight excluding hydrogens is 482 g/mol. The van der Waals surface area contributed by atoms with Gasteiger partial charge in [-0.05, 0) is 29.7 Å². The summed E-state index contributed by atoms with van der Waals surface area (Å²) >= 11 is 0. The Kier molecular flexibility index (Phi) is 7.13. The molecule has 2 saturated heterocycles. The number of hydrogen-bond donors (Lipinski definition) is 1. The van der Waals surface area contributed by atoms with Crippen molar-refractivity contribution in [2.24, 2.45) is 0 Å². The van der Waals surface area contributed by atoms with Crippen LogP contribution in [0.25, 0.3) is 0 Å². The van der Waals surface area contributed by atoms with E-state index in [1.807, 2.05) is 42.4 Å². The Labute approximate surface area is 225 Å². The first-order valence-corrected chi connectivity index (χ1v) is 13.1. The van der Waals surface area contributed by atoms with E-state index in [1.54, 1.807) is 12.1 Å². The molecule has 3 aliphatic heterocycles. The molecule has 2 aromatic carbocycles. The van der Waals surface area contributed by atoms with Crippen LogP contribution in [0.2, 0.25) is 0 Å². The molecule has 3 aliphatic rings. The molecule has 0 aliphatic carbocycles. The maximum Gasteiger partial charge on any atom is 0.255 e. The van der Waals surface area contributed by atoms with Crippen molar-refractivity contribution < 1.29 is 28.7 Å². The number of imide groups is 1. The molecule has 3 heterocycles. The van der Waals surface area contributed by atoms with Crippen molar-refractivity contribution in [3.05, 3.63) is 52.6 Å². The third-order valence-electron chi connectivity index (χ3n) is 7.88. The summed E-state index contributed by atoms with van der Waals surface area (Å²) in [5.74, 6) is -0.423. The fourth-order valence-corrected chi connectivity index (χ4v) is 5.78. The minimum atomic E-state index is -0.671. The summed E-state index contributed by atoms with van der Waals surface area (Å²) in [5, 5.41) is 2.34. The summed E-state index contributed by atoms with van der Waals surface area (Å²) in [6.45, 7) is 1.50. The zero-order valence-electron chi connectivity index (χ0n) is 22.2. The van der Waals surface area contributed by atoms with E-state index < -0.39 is 11.9 Å². The van der Waals surface area contributed by atoms with Crippen LogP contribution < -0.4 is 21.0 Å². The second-order valence-corrected chi connectivity index (χ2v) is 10.3. The molecule has 2 fully saturated rings. The van der Waals surface area contributed by atoms with Crippen molar-refractivity contribution in [2.45, 2.75) is 37.4 Å². The van der Waals surface area contributed by atoms with Crippen LogP contribution >= 0.6 is 0 Å². The standard InChI is InChI=1S/C25H29B4N3O6/c26-16-9-14(17(27)8-13(16)22(28)31-6-7-37-11-21(31)34)23(29)38-19-3-1-2-12-15(19)10-32(25(12)36)18-4-5-20(33)30-24(18)35/h1-3,8-9,18,22-23H,4-7,10-11,26-29H2,(H,30,33,35). The van der Waals surface area contributed by atoms with Crippen LogP contribution in [-0.2, 0) is 25.7 Å². The highest BCUT2D eigenvalue weighted by atomic mass is 16.5. The van der Waals surface area contributed by atoms with Crippen LogP contribution in [0.3, 0.4) is 0 Å². The van der Waals surface area contributed by atoms with Gasteiger partial charge < -0.3 is 19.3 Å². The molecule has 1 N–H and O–H groups in total. The Morgan fingerprint density at radius 3 is 2.53 bits per heavy atom. The van der Waals surface area contributed by atoms with Crippen LogP contribution in [0.15, 0.2) is 30.3 Å². The van der Waals surface area contributed by atoms with Gasteiger partial charge in [0, 0.05) is 30.0 Å². The summed E-state index contributed by atoms with van der Waals surface area (Å²) in [7, 11) is 8.10. The molecule has 192 valence electrons. The molecule has 4 amide bonds. The van der Waals surface area contributed by atoms with Crippen molar-refractivity contribution in [3.63, 3.8) is 0 Å². The number of benzene rings is 2. The zero-order valence-corrected chi connectivity index (χ0v) is 22.2. The van der Waals surface area contributed by atoms with Gasteiger partial charge in [0.25, 0.3) is 5.91 Å². The highest BCUT2D eigenvalue weighted by Gasteiger charge is 2.40. The third-order valence-corrected chi connectivity index (χ3v) is 7.88. The van der Waals surface area contributed by atoms with Crippen molar-refractivity contribution in [1.29, 1.82) is 0 Å². The second-order valence-electron chi connectivity index (χ2n) is 10.3. The third kappa shape index (κ3) is 4.75. The maximum atomic E-state index is 13.2. The summed E-state index contributed by atoms with van der Waals surface area (Å²) in [4.78, 5) is 52.9. The lowest BCUT2D eigenvalue weighted by Gasteiger charge is -2.34. The quantitative estimate of drug-likeness (QED) is 0.315. The van der Waals surface area contributed by atoms with Crippen LogP contribution in [0.1, 0.15) is 51.8 Å². The molecule has 2 aromatic rings. The zero-order chi connectivity index (χ0) is 27.1. The number of nitrogens with zero attached hydrogens (tertiary/aromatic N) is 2. The Balaban J connectivity index is 1.35. The minimum Gasteiger partial charge on any atom is -0.495 e. The summed E-state index contributed by atoms with van der Waals surface area (Å²) < 4.78 is 11.7. The van der Waals surface area contributed by atoms with Gasteiger partial charge in [-0.2, -0.15) is 0 Å². The van der Waals surface area contributed by atoms with E-state index in [0.717, 1.165) is 27.6 Å². The van der Waals surface area contributed by atoms with Crippen molar-refractivity contribution in [3.8, 4) is 5.75 Å². The number of fused-ring (bicyclic) bond motifs is 1. The fraction of sp³-hybridized carbons (Fsp3) is 0.360. The van der Waals surface area contributed by atoms with Gasteiger partial charge in [0.1, 0.15) is 41.9 Å². The predicted molar refractivity (Wildman–Crippen MR) is 151 cm³/mol. The number of carbonyl (C=O) groups is 4. The molecule has 9 nitrogen and oxygen atoms in total. The molecule has 0 saturated carbocycles. The van der Waals surface area contributed by atoms with E-state index in [4.69, 9.17) is 9.47 Å². The van der Waals surface area contributed by atoms with Gasteiger partial charge >= 0.3 is 0 Å². The topological polar surface area (TPSA) is 105 Å². The van der Waals surface area contributed by atoms with Gasteiger partial charge in [-0.1, -0.05) is 29.1 Å². The predicted octanol–water partition coefficient (Wildman–Crippen LogP) is -3.83. The van der Waals surface area contributed by atoms with E-state index in [1.165, 1.54) is 4.90 Å². The monoisotopic (exact) mass is 511 g/mol. The first kappa shape index (κ1) is 26.2. The summed E-state index contributed by atoms with van der Waals surface area (Å²) in [5.41, 5.74) is 5.52. The number of hydrogen-bond acceptors (Lipinski definition) is 6. The first-order chi connectivity index (χ1) is 18.2. The minimum absolute atomic E-state index is 0.000382. The number of rotatable bonds is 6. The summed E-state index contributed by atoms with van der Waals surface area (Å²) in [6.07, 6.45) is 0.528. The van der Waals surface area contributed by atoms with Crippen LogP contribution in [0.5, 0.6) is 5.75 Å². The van der Waals surface area contributed by atoms with Crippen LogP contribution in [0, 0.1) is 0 Å². The van der Waals surface area contributed by atoms with Gasteiger partial charge in [0.05, 0.1) is 19.2 Å². The van der Waals surface area contributed by atoms with E-state index in [2.05, 4.69) is 17.4 Å². The molecule has 0 radical (unpaired) electrons. The van der Waals surface area contributed by atoms with Gasteiger partial charge in [-0.25, -0.2) is 0 Å².